The summed E-state index contributed by atoms with van der Waals surface area (Å²) in [6.45, 7) is 5.73. The average molecular weight is 289 g/mol. The van der Waals surface area contributed by atoms with E-state index in [2.05, 4.69) is 11.1 Å². The van der Waals surface area contributed by atoms with Crippen molar-refractivity contribution in [1.29, 1.82) is 0 Å². The second kappa shape index (κ2) is 4.90. The van der Waals surface area contributed by atoms with E-state index >= 15 is 0 Å². The van der Waals surface area contributed by atoms with E-state index in [1.165, 1.54) is 5.57 Å². The van der Waals surface area contributed by atoms with E-state index in [0.29, 0.717) is 0 Å². The lowest BCUT2D eigenvalue weighted by Gasteiger charge is -2.35. The number of aromatic nitrogens is 2. The first-order valence-electron chi connectivity index (χ1n) is 7.54. The third kappa shape index (κ3) is 2.69. The lowest BCUT2D eigenvalue weighted by molar-refractivity contribution is 0.0175. The van der Waals surface area contributed by atoms with Gasteiger partial charge in [-0.15, -0.1) is 0 Å². The summed E-state index contributed by atoms with van der Waals surface area (Å²) in [6, 6.07) is 0.406. The molecular weight excluding hydrogens is 266 g/mol. The number of ether oxygens (including phenoxy) is 1. The number of imidazole rings is 1. The van der Waals surface area contributed by atoms with Gasteiger partial charge in [0.1, 0.15) is 5.60 Å². The van der Waals surface area contributed by atoms with Gasteiger partial charge in [-0.1, -0.05) is 6.08 Å². The molecule has 2 bridgehead atoms. The first-order valence-corrected chi connectivity index (χ1v) is 7.54. The molecule has 0 spiro atoms. The van der Waals surface area contributed by atoms with Gasteiger partial charge in [-0.05, 0) is 45.6 Å². The van der Waals surface area contributed by atoms with Gasteiger partial charge < -0.3 is 9.30 Å². The molecule has 0 N–H and O–H groups in total. The van der Waals surface area contributed by atoms with Crippen molar-refractivity contribution in [2.24, 2.45) is 7.05 Å². The molecular formula is C16H23N3O2. The van der Waals surface area contributed by atoms with E-state index in [4.69, 9.17) is 4.74 Å². The average Bonchev–Trinajstić information content (AvgIpc) is 2.89. The van der Waals surface area contributed by atoms with Crippen LogP contribution < -0.4 is 0 Å². The molecule has 0 radical (unpaired) electrons. The van der Waals surface area contributed by atoms with Gasteiger partial charge in [0.05, 0.1) is 24.3 Å². The van der Waals surface area contributed by atoms with Crippen LogP contribution in [-0.2, 0) is 11.8 Å². The van der Waals surface area contributed by atoms with E-state index in [-0.39, 0.29) is 18.2 Å². The highest BCUT2D eigenvalue weighted by atomic mass is 16.6. The summed E-state index contributed by atoms with van der Waals surface area (Å²) >= 11 is 0. The van der Waals surface area contributed by atoms with Gasteiger partial charge in [-0.3, -0.25) is 4.90 Å². The van der Waals surface area contributed by atoms with Crippen LogP contribution in [0.25, 0.3) is 5.57 Å². The molecule has 2 aliphatic rings. The number of aryl methyl sites for hydroxylation is 1. The first kappa shape index (κ1) is 14.2. The molecule has 3 rings (SSSR count). The molecule has 1 saturated heterocycles. The molecule has 0 aliphatic carbocycles. The number of carbonyl (C=O) groups is 1. The maximum Gasteiger partial charge on any atom is 0.411 e. The minimum Gasteiger partial charge on any atom is -0.444 e. The van der Waals surface area contributed by atoms with Crippen LogP contribution >= 0.6 is 0 Å². The Morgan fingerprint density at radius 2 is 2.14 bits per heavy atom. The molecule has 114 valence electrons. The van der Waals surface area contributed by atoms with Gasteiger partial charge in [-0.25, -0.2) is 9.78 Å². The molecule has 5 heteroatoms. The number of carbonyl (C=O) groups excluding carboxylic acids is 1. The third-order valence-corrected chi connectivity index (χ3v) is 4.15. The Labute approximate surface area is 125 Å². The van der Waals surface area contributed by atoms with Crippen molar-refractivity contribution in [2.75, 3.05) is 0 Å². The van der Waals surface area contributed by atoms with Crippen molar-refractivity contribution < 1.29 is 9.53 Å². The zero-order chi connectivity index (χ0) is 15.2. The lowest BCUT2D eigenvalue weighted by atomic mass is 9.99. The van der Waals surface area contributed by atoms with Crippen LogP contribution in [0.1, 0.15) is 45.7 Å². The monoisotopic (exact) mass is 289 g/mol. The number of rotatable bonds is 1. The Balaban J connectivity index is 1.82. The molecule has 5 nitrogen and oxygen atoms in total. The van der Waals surface area contributed by atoms with Crippen LogP contribution in [0.4, 0.5) is 4.79 Å². The second-order valence-electron chi connectivity index (χ2n) is 6.97. The fraction of sp³-hybridized carbons (Fsp3) is 0.625. The highest BCUT2D eigenvalue weighted by molar-refractivity contribution is 5.74. The van der Waals surface area contributed by atoms with Gasteiger partial charge in [0, 0.05) is 13.1 Å². The summed E-state index contributed by atoms with van der Waals surface area (Å²) in [5.74, 6) is 0. The fourth-order valence-corrected chi connectivity index (χ4v) is 3.29. The second-order valence-corrected chi connectivity index (χ2v) is 6.97. The minimum atomic E-state index is -0.442. The van der Waals surface area contributed by atoms with E-state index in [0.717, 1.165) is 25.0 Å². The molecule has 21 heavy (non-hydrogen) atoms. The van der Waals surface area contributed by atoms with Crippen LogP contribution in [0.3, 0.4) is 0 Å². The quantitative estimate of drug-likeness (QED) is 0.798. The maximum atomic E-state index is 12.4. The molecule has 1 fully saturated rings. The van der Waals surface area contributed by atoms with E-state index in [1.807, 2.05) is 49.8 Å². The molecule has 2 unspecified atom stereocenters. The normalized spacial score (nSPS) is 25.0. The molecule has 1 aromatic heterocycles. The summed E-state index contributed by atoms with van der Waals surface area (Å²) < 4.78 is 7.58. The summed E-state index contributed by atoms with van der Waals surface area (Å²) in [7, 11) is 2.01. The number of hydrogen-bond donors (Lipinski definition) is 0. The zero-order valence-corrected chi connectivity index (χ0v) is 13.2. The van der Waals surface area contributed by atoms with Gasteiger partial charge in [0.25, 0.3) is 0 Å². The van der Waals surface area contributed by atoms with E-state index in [9.17, 15) is 4.79 Å². The van der Waals surface area contributed by atoms with Crippen LogP contribution in [0.2, 0.25) is 0 Å². The van der Waals surface area contributed by atoms with E-state index in [1.54, 1.807) is 0 Å². The summed E-state index contributed by atoms with van der Waals surface area (Å²) in [4.78, 5) is 18.5. The molecule has 0 aromatic carbocycles. The Hall–Kier alpha value is -1.78. The van der Waals surface area contributed by atoms with Crippen LogP contribution in [-0.4, -0.2) is 38.2 Å². The Morgan fingerprint density at radius 3 is 2.71 bits per heavy atom. The lowest BCUT2D eigenvalue weighted by Crippen LogP contribution is -2.45. The standard InChI is InChI=1S/C16H23N3O2/c1-16(2,3)21-15(20)19-12-5-6-13(19)8-11(7-12)14-9-17-10-18(14)4/h7,9-10,12-13H,5-6,8H2,1-4H3. The number of nitrogens with zero attached hydrogens (tertiary/aromatic N) is 3. The molecule has 0 saturated carbocycles. The maximum absolute atomic E-state index is 12.4. The SMILES string of the molecule is Cn1cncc1C1=CC2CCC(C1)N2C(=O)OC(C)(C)C. The topological polar surface area (TPSA) is 47.4 Å². The van der Waals surface area contributed by atoms with Gasteiger partial charge >= 0.3 is 6.09 Å². The number of fused-ring (bicyclic) bond motifs is 2. The van der Waals surface area contributed by atoms with Crippen LogP contribution in [0, 0.1) is 0 Å². The molecule has 3 heterocycles. The van der Waals surface area contributed by atoms with Crippen molar-refractivity contribution in [3.63, 3.8) is 0 Å². The Bertz CT molecular complexity index is 583. The predicted octanol–water partition coefficient (Wildman–Crippen LogP) is 2.98. The van der Waals surface area contributed by atoms with Gasteiger partial charge in [-0.2, -0.15) is 0 Å². The number of amides is 1. The van der Waals surface area contributed by atoms with Crippen molar-refractivity contribution in [3.05, 3.63) is 24.3 Å². The van der Waals surface area contributed by atoms with Crippen LogP contribution in [0.15, 0.2) is 18.6 Å². The van der Waals surface area contributed by atoms with Crippen molar-refractivity contribution in [2.45, 2.75) is 57.7 Å². The van der Waals surface area contributed by atoms with E-state index < -0.39 is 5.60 Å². The zero-order valence-electron chi connectivity index (χ0n) is 13.2. The van der Waals surface area contributed by atoms with Gasteiger partial charge in [0.2, 0.25) is 0 Å². The fourth-order valence-electron chi connectivity index (χ4n) is 3.29. The van der Waals surface area contributed by atoms with Crippen LogP contribution in [0.5, 0.6) is 0 Å². The van der Waals surface area contributed by atoms with Crippen molar-refractivity contribution in [1.82, 2.24) is 14.5 Å². The highest BCUT2D eigenvalue weighted by Gasteiger charge is 2.41. The largest absolute Gasteiger partial charge is 0.444 e. The first-order chi connectivity index (χ1) is 9.85. The molecule has 2 atom stereocenters. The summed E-state index contributed by atoms with van der Waals surface area (Å²) in [5.41, 5.74) is 2.00. The summed E-state index contributed by atoms with van der Waals surface area (Å²) in [5, 5.41) is 0. The molecule has 1 aromatic rings. The molecule has 1 amide bonds. The van der Waals surface area contributed by atoms with Crippen molar-refractivity contribution in [3.8, 4) is 0 Å². The number of hydrogen-bond acceptors (Lipinski definition) is 3. The Morgan fingerprint density at radius 1 is 1.38 bits per heavy atom. The molecule has 2 aliphatic heterocycles. The minimum absolute atomic E-state index is 0.156. The predicted molar refractivity (Wildman–Crippen MR) is 80.7 cm³/mol. The summed E-state index contributed by atoms with van der Waals surface area (Å²) in [6.07, 6.45) is 8.69. The van der Waals surface area contributed by atoms with Crippen molar-refractivity contribution >= 4 is 11.7 Å². The highest BCUT2D eigenvalue weighted by Crippen LogP contribution is 2.39. The smallest absolute Gasteiger partial charge is 0.411 e. The Kier molecular flexibility index (Phi) is 3.30. The third-order valence-electron chi connectivity index (χ3n) is 4.15. The van der Waals surface area contributed by atoms with Gasteiger partial charge in [0.15, 0.2) is 0 Å².